The predicted molar refractivity (Wildman–Crippen MR) is 206 cm³/mol. The van der Waals surface area contributed by atoms with E-state index >= 15 is 0 Å². The van der Waals surface area contributed by atoms with Gasteiger partial charge >= 0.3 is 0 Å². The van der Waals surface area contributed by atoms with Crippen LogP contribution in [-0.2, 0) is 14.4 Å². The summed E-state index contributed by atoms with van der Waals surface area (Å²) in [5.41, 5.74) is -3.08. The molecule has 0 aliphatic carbocycles. The van der Waals surface area contributed by atoms with Gasteiger partial charge in [-0.15, -0.1) is 0 Å². The molecule has 17 heteroatoms. The van der Waals surface area contributed by atoms with Crippen molar-refractivity contribution >= 4 is 29.4 Å². The molecular formula is C39H62N6O11. The van der Waals surface area contributed by atoms with Crippen molar-refractivity contribution in [2.24, 2.45) is 5.41 Å². The van der Waals surface area contributed by atoms with Crippen LogP contribution in [-0.4, -0.2) is 159 Å². The van der Waals surface area contributed by atoms with Gasteiger partial charge < -0.3 is 55.5 Å². The van der Waals surface area contributed by atoms with E-state index in [9.17, 15) is 49.8 Å². The number of nitrogens with zero attached hydrogens (tertiary/aromatic N) is 4. The molecule has 0 aromatic carbocycles. The van der Waals surface area contributed by atoms with Gasteiger partial charge in [-0.25, -0.2) is 4.98 Å². The summed E-state index contributed by atoms with van der Waals surface area (Å²) in [5.74, 6) is -1.69. The third kappa shape index (κ3) is 12.5. The third-order valence-corrected chi connectivity index (χ3v) is 11.0. The van der Waals surface area contributed by atoms with Crippen LogP contribution in [0.25, 0.3) is 0 Å². The summed E-state index contributed by atoms with van der Waals surface area (Å²) in [6.07, 6.45) is 8.20. The molecule has 1 unspecified atom stereocenters. The number of likely N-dealkylation sites (tertiary alicyclic amines) is 1. The van der Waals surface area contributed by atoms with Crippen molar-refractivity contribution in [3.63, 3.8) is 0 Å². The highest BCUT2D eigenvalue weighted by Crippen LogP contribution is 2.38. The van der Waals surface area contributed by atoms with Crippen LogP contribution in [0.1, 0.15) is 81.3 Å². The van der Waals surface area contributed by atoms with E-state index in [0.717, 1.165) is 23.3 Å². The smallest absolute Gasteiger partial charge is 0.295 e. The van der Waals surface area contributed by atoms with Crippen molar-refractivity contribution in [3.8, 4) is 0 Å². The number of unbranched alkanes of at least 4 members (excludes halogenated alkanes) is 1. The minimum Gasteiger partial charge on any atom is -0.459 e. The molecule has 17 nitrogen and oxygen atoms in total. The van der Waals surface area contributed by atoms with E-state index in [2.05, 4.69) is 27.4 Å². The first-order chi connectivity index (χ1) is 26.8. The minimum absolute atomic E-state index is 0.0126. The lowest BCUT2D eigenvalue weighted by Gasteiger charge is -2.40. The summed E-state index contributed by atoms with van der Waals surface area (Å²) in [6, 6.07) is 6.95. The van der Waals surface area contributed by atoms with Crippen LogP contribution in [0.3, 0.4) is 0 Å². The average molecular weight is 791 g/mol. The molecule has 0 radical (unpaired) electrons. The number of aliphatic hydroxyl groups is 6. The van der Waals surface area contributed by atoms with Crippen LogP contribution < -0.4 is 15.5 Å². The Morgan fingerprint density at radius 2 is 1.43 bits per heavy atom. The van der Waals surface area contributed by atoms with Crippen molar-refractivity contribution in [1.29, 1.82) is 0 Å². The van der Waals surface area contributed by atoms with Crippen LogP contribution in [0.5, 0.6) is 0 Å². The molecule has 0 bridgehead atoms. The van der Waals surface area contributed by atoms with E-state index in [4.69, 9.17) is 4.42 Å². The average Bonchev–Trinajstić information content (AvgIpc) is 3.77. The van der Waals surface area contributed by atoms with Gasteiger partial charge in [0.15, 0.2) is 5.76 Å². The number of amides is 4. The SMILES string of the molecule is CCCCC(CC)(CCN1CCC(N(C(=O)c2ccco2)c2ccc(C)cn2)CC1)CC(=O)N(CC(=O)NC(CO)(CO)CO)CC(=O)NC(CO)(CO)CO. The monoisotopic (exact) mass is 790 g/mol. The van der Waals surface area contributed by atoms with Gasteiger partial charge in [-0.1, -0.05) is 32.8 Å². The van der Waals surface area contributed by atoms with Crippen molar-refractivity contribution in [2.45, 2.75) is 89.3 Å². The lowest BCUT2D eigenvalue weighted by Crippen LogP contribution is -2.61. The maximum atomic E-state index is 14.2. The van der Waals surface area contributed by atoms with Crippen LogP contribution in [0.4, 0.5) is 5.82 Å². The van der Waals surface area contributed by atoms with Crippen LogP contribution >= 0.6 is 0 Å². The number of furan rings is 1. The molecule has 314 valence electrons. The first-order valence-electron chi connectivity index (χ1n) is 19.4. The molecule has 0 saturated carbocycles. The molecule has 1 atom stereocenters. The van der Waals surface area contributed by atoms with E-state index in [1.165, 1.54) is 6.26 Å². The number of aromatic nitrogens is 1. The maximum absolute atomic E-state index is 14.2. The molecule has 1 aliphatic rings. The van der Waals surface area contributed by atoms with Gasteiger partial charge in [-0.3, -0.25) is 24.1 Å². The van der Waals surface area contributed by atoms with Crippen LogP contribution in [0.15, 0.2) is 41.1 Å². The summed E-state index contributed by atoms with van der Waals surface area (Å²) < 4.78 is 5.45. The number of rotatable bonds is 24. The van der Waals surface area contributed by atoms with E-state index in [0.29, 0.717) is 57.6 Å². The Kier molecular flexibility index (Phi) is 18.3. The Labute approximate surface area is 328 Å². The number of carbonyl (C=O) groups excluding carboxylic acids is 4. The molecular weight excluding hydrogens is 728 g/mol. The molecule has 1 fully saturated rings. The lowest BCUT2D eigenvalue weighted by molar-refractivity contribution is -0.143. The molecule has 2 aromatic heterocycles. The van der Waals surface area contributed by atoms with Crippen molar-refractivity contribution in [2.75, 3.05) is 77.3 Å². The Hall–Kier alpha value is -3.97. The van der Waals surface area contributed by atoms with Crippen molar-refractivity contribution in [3.05, 3.63) is 48.0 Å². The summed E-state index contributed by atoms with van der Waals surface area (Å²) in [7, 11) is 0. The second kappa shape index (κ2) is 22.1. The zero-order chi connectivity index (χ0) is 41.4. The fourth-order valence-electron chi connectivity index (χ4n) is 6.93. The van der Waals surface area contributed by atoms with Crippen molar-refractivity contribution < 1.29 is 54.2 Å². The Morgan fingerprint density at radius 3 is 1.88 bits per heavy atom. The number of nitrogens with one attached hydrogen (secondary N) is 2. The van der Waals surface area contributed by atoms with Crippen LogP contribution in [0, 0.1) is 12.3 Å². The van der Waals surface area contributed by atoms with Gasteiger partial charge in [0.05, 0.1) is 45.9 Å². The zero-order valence-electron chi connectivity index (χ0n) is 33.0. The second-order valence-corrected chi connectivity index (χ2v) is 15.2. The number of hydrogen-bond acceptors (Lipinski definition) is 13. The summed E-state index contributed by atoms with van der Waals surface area (Å²) in [6.45, 7) is 1.95. The highest BCUT2D eigenvalue weighted by atomic mass is 16.3. The summed E-state index contributed by atoms with van der Waals surface area (Å²) in [4.78, 5) is 63.8. The summed E-state index contributed by atoms with van der Waals surface area (Å²) >= 11 is 0. The van der Waals surface area contributed by atoms with Crippen LogP contribution in [0.2, 0.25) is 0 Å². The first kappa shape index (κ1) is 46.4. The Bertz CT molecular complexity index is 1460. The maximum Gasteiger partial charge on any atom is 0.295 e. The number of anilines is 1. The third-order valence-electron chi connectivity index (χ3n) is 11.0. The molecule has 0 spiro atoms. The van der Waals surface area contributed by atoms with E-state index in [1.807, 2.05) is 26.0 Å². The normalized spacial score (nSPS) is 15.2. The quantitative estimate of drug-likeness (QED) is 0.0696. The fourth-order valence-corrected chi connectivity index (χ4v) is 6.93. The fraction of sp³-hybridized carbons (Fsp3) is 0.667. The number of piperidine rings is 1. The number of pyridine rings is 1. The summed E-state index contributed by atoms with van der Waals surface area (Å²) in [5, 5.41) is 63.2. The van der Waals surface area contributed by atoms with E-state index in [-0.39, 0.29) is 24.1 Å². The standard InChI is InChI=1S/C39H62N6O11/c1-4-6-13-37(5-2,14-17-43-15-11-30(12-16-43)45(32-10-9-29(3)20-40-32)36(55)31-8-7-18-56-31)19-35(54)44(21-33(52)41-38(23-46,24-47)25-48)22-34(53)42-39(26-49,27-50)28-51/h7-10,18,20,30,46-51H,4-6,11-17,19,21-28H2,1-3H3,(H,41,52)(H,42,53). The lowest BCUT2D eigenvalue weighted by atomic mass is 9.74. The number of carbonyl (C=O) groups is 4. The zero-order valence-corrected chi connectivity index (χ0v) is 33.0. The molecule has 3 rings (SSSR count). The predicted octanol–water partition coefficient (Wildman–Crippen LogP) is -0.0466. The topological polar surface area (TPSA) is 249 Å². The molecule has 56 heavy (non-hydrogen) atoms. The number of aliphatic hydroxyl groups excluding tert-OH is 6. The van der Waals surface area contributed by atoms with Gasteiger partial charge in [0.25, 0.3) is 5.91 Å². The molecule has 1 aliphatic heterocycles. The second-order valence-electron chi connectivity index (χ2n) is 15.2. The highest BCUT2D eigenvalue weighted by Gasteiger charge is 2.38. The molecule has 2 aromatic rings. The van der Waals surface area contributed by atoms with Gasteiger partial charge in [-0.05, 0) is 74.8 Å². The highest BCUT2D eigenvalue weighted by molar-refractivity contribution is 6.04. The molecule has 1 saturated heterocycles. The Morgan fingerprint density at radius 1 is 0.857 bits per heavy atom. The van der Waals surface area contributed by atoms with Crippen molar-refractivity contribution in [1.82, 2.24) is 25.4 Å². The number of hydrogen-bond donors (Lipinski definition) is 8. The largest absolute Gasteiger partial charge is 0.459 e. The Balaban J connectivity index is 1.78. The van der Waals surface area contributed by atoms with E-state index < -0.39 is 86.9 Å². The van der Waals surface area contributed by atoms with Gasteiger partial charge in [-0.2, -0.15) is 0 Å². The molecule has 8 N–H and O–H groups in total. The molecule has 4 amide bonds. The number of aryl methyl sites for hydroxylation is 1. The van der Waals surface area contributed by atoms with Gasteiger partial charge in [0.2, 0.25) is 17.7 Å². The van der Waals surface area contributed by atoms with E-state index in [1.54, 1.807) is 23.2 Å². The van der Waals surface area contributed by atoms with Gasteiger partial charge in [0, 0.05) is 31.7 Å². The molecule has 3 heterocycles. The first-order valence-corrected chi connectivity index (χ1v) is 19.4. The minimum atomic E-state index is -1.77. The van der Waals surface area contributed by atoms with Gasteiger partial charge in [0.1, 0.15) is 30.0 Å².